The van der Waals surface area contributed by atoms with Crippen molar-refractivity contribution in [1.29, 1.82) is 0 Å². The van der Waals surface area contributed by atoms with Crippen molar-refractivity contribution >= 4 is 22.6 Å². The average Bonchev–Trinajstić information content (AvgIpc) is 3.23. The molecule has 4 rings (SSSR count). The molecule has 1 aromatic carbocycles. The zero-order valence-electron chi connectivity index (χ0n) is 15.4. The molecule has 0 spiro atoms. The van der Waals surface area contributed by atoms with Crippen LogP contribution in [0.15, 0.2) is 41.6 Å². The van der Waals surface area contributed by atoms with E-state index in [0.29, 0.717) is 37.4 Å². The van der Waals surface area contributed by atoms with Crippen LogP contribution < -0.4 is 15.6 Å². The molecule has 2 aromatic heterocycles. The Morgan fingerprint density at radius 3 is 2.89 bits per heavy atom. The number of hydrogen-bond donors (Lipinski definition) is 3. The molecule has 0 saturated carbocycles. The zero-order chi connectivity index (χ0) is 19.8. The van der Waals surface area contributed by atoms with Crippen molar-refractivity contribution in [3.63, 3.8) is 0 Å². The first-order valence-electron chi connectivity index (χ1n) is 9.20. The van der Waals surface area contributed by atoms with E-state index in [0.717, 1.165) is 5.56 Å². The largest absolute Gasteiger partial charge is 0.477 e. The minimum Gasteiger partial charge on any atom is -0.477 e. The Kier molecular flexibility index (Phi) is 4.64. The van der Waals surface area contributed by atoms with Crippen LogP contribution in [0.3, 0.4) is 0 Å². The number of benzene rings is 1. The van der Waals surface area contributed by atoms with E-state index in [-0.39, 0.29) is 17.0 Å². The van der Waals surface area contributed by atoms with Crippen molar-refractivity contribution in [3.8, 4) is 0 Å². The van der Waals surface area contributed by atoms with Gasteiger partial charge in [0.15, 0.2) is 0 Å². The average molecular weight is 384 g/mol. The van der Waals surface area contributed by atoms with E-state index < -0.39 is 17.2 Å². The number of carbonyl (C=O) groups is 1. The third-order valence-corrected chi connectivity index (χ3v) is 5.26. The molecule has 8 heteroatoms. The monoisotopic (exact) mass is 384 g/mol. The van der Waals surface area contributed by atoms with E-state index in [9.17, 15) is 19.1 Å². The van der Waals surface area contributed by atoms with Gasteiger partial charge < -0.3 is 24.9 Å². The van der Waals surface area contributed by atoms with Crippen LogP contribution in [0.25, 0.3) is 10.9 Å². The van der Waals surface area contributed by atoms with E-state index in [1.807, 2.05) is 30.3 Å². The number of aromatic carboxylic acids is 1. The van der Waals surface area contributed by atoms with Crippen LogP contribution >= 0.6 is 0 Å². The maximum absolute atomic E-state index is 15.0. The first kappa shape index (κ1) is 18.2. The summed E-state index contributed by atoms with van der Waals surface area (Å²) >= 11 is 0. The number of pyridine rings is 1. The standard InChI is InChI=1S/C20H21FN4O3/c1-2-24-10-14(20(27)28)19(26)13-7-15(21)18(8-17(13)24)25-6-5-23-16(11-25)12-3-4-22-9-12/h3-4,7-10,16,22-23H,2,5-6,11H2,1H3,(H,27,28). The molecule has 1 aliphatic heterocycles. The van der Waals surface area contributed by atoms with Gasteiger partial charge in [0.05, 0.1) is 17.2 Å². The van der Waals surface area contributed by atoms with Crippen molar-refractivity contribution in [3.05, 3.63) is 64.0 Å². The minimum absolute atomic E-state index is 0.0675. The van der Waals surface area contributed by atoms with Gasteiger partial charge in [-0.25, -0.2) is 9.18 Å². The molecule has 0 aliphatic carbocycles. The van der Waals surface area contributed by atoms with Crippen molar-refractivity contribution < 1.29 is 14.3 Å². The van der Waals surface area contributed by atoms with Crippen LogP contribution in [0.4, 0.5) is 10.1 Å². The number of aromatic amines is 1. The third kappa shape index (κ3) is 3.05. The third-order valence-electron chi connectivity index (χ3n) is 5.26. The van der Waals surface area contributed by atoms with Crippen LogP contribution in [0.5, 0.6) is 0 Å². The topological polar surface area (TPSA) is 90.4 Å². The number of nitrogens with zero attached hydrogens (tertiary/aromatic N) is 2. The van der Waals surface area contributed by atoms with Gasteiger partial charge in [-0.2, -0.15) is 0 Å². The molecule has 3 N–H and O–H groups in total. The fourth-order valence-electron chi connectivity index (χ4n) is 3.80. The number of piperazine rings is 1. The lowest BCUT2D eigenvalue weighted by Gasteiger charge is -2.35. The van der Waals surface area contributed by atoms with Crippen LogP contribution in [-0.2, 0) is 6.54 Å². The van der Waals surface area contributed by atoms with Crippen LogP contribution in [-0.4, -0.2) is 40.3 Å². The summed E-state index contributed by atoms with van der Waals surface area (Å²) in [5.41, 5.74) is 1.03. The number of rotatable bonds is 4. The second kappa shape index (κ2) is 7.12. The Hall–Kier alpha value is -3.13. The summed E-state index contributed by atoms with van der Waals surface area (Å²) < 4.78 is 16.6. The Morgan fingerprint density at radius 2 is 2.21 bits per heavy atom. The number of anilines is 1. The Balaban J connectivity index is 1.80. The van der Waals surface area contributed by atoms with E-state index in [2.05, 4.69) is 10.3 Å². The molecular weight excluding hydrogens is 363 g/mol. The number of carboxylic acids is 1. The minimum atomic E-state index is -1.31. The number of H-pyrrole nitrogens is 1. The van der Waals surface area contributed by atoms with Crippen molar-refractivity contribution in [2.75, 3.05) is 24.5 Å². The SMILES string of the molecule is CCn1cc(C(=O)O)c(=O)c2cc(F)c(N3CCNC(c4cc[nH]c4)C3)cc21. The molecule has 1 atom stereocenters. The molecule has 1 saturated heterocycles. The summed E-state index contributed by atoms with van der Waals surface area (Å²) in [5, 5.41) is 12.8. The van der Waals surface area contributed by atoms with E-state index in [4.69, 9.17) is 0 Å². The number of fused-ring (bicyclic) bond motifs is 1. The lowest BCUT2D eigenvalue weighted by molar-refractivity contribution is 0.0695. The molecule has 1 unspecified atom stereocenters. The second-order valence-electron chi connectivity index (χ2n) is 6.88. The summed E-state index contributed by atoms with van der Waals surface area (Å²) in [4.78, 5) is 28.8. The quantitative estimate of drug-likeness (QED) is 0.642. The molecule has 0 bridgehead atoms. The van der Waals surface area contributed by atoms with Crippen LogP contribution in [0, 0.1) is 5.82 Å². The Bertz CT molecular complexity index is 1090. The van der Waals surface area contributed by atoms with Gasteiger partial charge in [0.1, 0.15) is 11.4 Å². The predicted octanol–water partition coefficient (Wildman–Crippen LogP) is 2.34. The maximum Gasteiger partial charge on any atom is 0.341 e. The van der Waals surface area contributed by atoms with Crippen molar-refractivity contribution in [2.24, 2.45) is 0 Å². The summed E-state index contributed by atoms with van der Waals surface area (Å²) in [5.74, 6) is -1.83. The fourth-order valence-corrected chi connectivity index (χ4v) is 3.80. The molecule has 3 aromatic rings. The summed E-state index contributed by atoms with van der Waals surface area (Å²) in [7, 11) is 0. The lowest BCUT2D eigenvalue weighted by Crippen LogP contribution is -2.46. The molecule has 1 fully saturated rings. The number of aryl methyl sites for hydroxylation is 1. The molecular formula is C20H21FN4O3. The highest BCUT2D eigenvalue weighted by atomic mass is 19.1. The normalized spacial score (nSPS) is 17.2. The smallest absolute Gasteiger partial charge is 0.341 e. The molecule has 28 heavy (non-hydrogen) atoms. The highest BCUT2D eigenvalue weighted by molar-refractivity contribution is 5.93. The summed E-state index contributed by atoms with van der Waals surface area (Å²) in [6, 6.07) is 4.87. The second-order valence-corrected chi connectivity index (χ2v) is 6.88. The summed E-state index contributed by atoms with van der Waals surface area (Å²) in [6.45, 7) is 4.24. The molecule has 0 amide bonds. The van der Waals surface area contributed by atoms with Gasteiger partial charge in [-0.1, -0.05) is 0 Å². The van der Waals surface area contributed by atoms with Gasteiger partial charge >= 0.3 is 5.97 Å². The van der Waals surface area contributed by atoms with Gasteiger partial charge in [0.25, 0.3) is 0 Å². The molecule has 7 nitrogen and oxygen atoms in total. The predicted molar refractivity (Wildman–Crippen MR) is 105 cm³/mol. The molecule has 1 aliphatic rings. The molecule has 0 radical (unpaired) electrons. The summed E-state index contributed by atoms with van der Waals surface area (Å²) in [6.07, 6.45) is 5.10. The first-order valence-corrected chi connectivity index (χ1v) is 9.20. The first-order chi connectivity index (χ1) is 13.5. The number of hydrogen-bond acceptors (Lipinski definition) is 4. The van der Waals surface area contributed by atoms with E-state index in [1.165, 1.54) is 12.3 Å². The highest BCUT2D eigenvalue weighted by Crippen LogP contribution is 2.28. The van der Waals surface area contributed by atoms with Crippen molar-refractivity contribution in [2.45, 2.75) is 19.5 Å². The van der Waals surface area contributed by atoms with Crippen LogP contribution in [0.1, 0.15) is 28.9 Å². The van der Waals surface area contributed by atoms with Gasteiger partial charge in [0, 0.05) is 50.2 Å². The van der Waals surface area contributed by atoms with E-state index >= 15 is 0 Å². The van der Waals surface area contributed by atoms with Gasteiger partial charge in [0.2, 0.25) is 5.43 Å². The zero-order valence-corrected chi connectivity index (χ0v) is 15.4. The van der Waals surface area contributed by atoms with Gasteiger partial charge in [-0.3, -0.25) is 4.79 Å². The maximum atomic E-state index is 15.0. The lowest BCUT2D eigenvalue weighted by atomic mass is 10.1. The van der Waals surface area contributed by atoms with Gasteiger partial charge in [-0.15, -0.1) is 0 Å². The number of aromatic nitrogens is 2. The highest BCUT2D eigenvalue weighted by Gasteiger charge is 2.24. The number of carboxylic acid groups (broad SMARTS) is 1. The molecule has 146 valence electrons. The number of nitrogens with one attached hydrogen (secondary N) is 2. The number of halogens is 1. The molecule has 3 heterocycles. The van der Waals surface area contributed by atoms with Gasteiger partial charge in [-0.05, 0) is 30.7 Å². The van der Waals surface area contributed by atoms with E-state index in [1.54, 1.807) is 10.6 Å². The van der Waals surface area contributed by atoms with Crippen LogP contribution in [0.2, 0.25) is 0 Å². The fraction of sp³-hybridized carbons (Fsp3) is 0.300. The Morgan fingerprint density at radius 1 is 1.39 bits per heavy atom. The Labute approximate surface area is 160 Å². The van der Waals surface area contributed by atoms with Crippen molar-refractivity contribution in [1.82, 2.24) is 14.9 Å².